The van der Waals surface area contributed by atoms with Gasteiger partial charge in [0.25, 0.3) is 0 Å². The van der Waals surface area contributed by atoms with Gasteiger partial charge < -0.3 is 15.8 Å². The van der Waals surface area contributed by atoms with Crippen molar-refractivity contribution in [1.29, 1.82) is 0 Å². The van der Waals surface area contributed by atoms with E-state index in [9.17, 15) is 4.39 Å². The van der Waals surface area contributed by atoms with Crippen LogP contribution < -0.4 is 15.8 Å². The number of anilines is 2. The monoisotopic (exact) mass is 339 g/mol. The fourth-order valence-electron chi connectivity index (χ4n) is 2.74. The summed E-state index contributed by atoms with van der Waals surface area (Å²) >= 11 is 0. The van der Waals surface area contributed by atoms with E-state index in [0.717, 1.165) is 11.9 Å². The molecular weight excluding hydrogens is 321 g/mol. The lowest BCUT2D eigenvalue weighted by molar-refractivity contribution is 0.387. The molecule has 2 heterocycles. The predicted octanol–water partition coefficient (Wildman–Crippen LogP) is 3.24. The number of nitrogens with zero attached hydrogens (tertiary/aromatic N) is 3. The maximum atomic E-state index is 14.6. The van der Waals surface area contributed by atoms with Gasteiger partial charge in [0.2, 0.25) is 5.95 Å². The number of halogens is 1. The third kappa shape index (κ3) is 3.05. The SMILES string of the molecule is COc1cccc(-c2cc3cnc(N)nc3c(NCC3CC3)n2)c1F. The van der Waals surface area contributed by atoms with Gasteiger partial charge in [0.05, 0.1) is 12.8 Å². The molecule has 128 valence electrons. The van der Waals surface area contributed by atoms with Crippen molar-refractivity contribution in [3.63, 3.8) is 0 Å². The van der Waals surface area contributed by atoms with Crippen LogP contribution in [0.15, 0.2) is 30.5 Å². The summed E-state index contributed by atoms with van der Waals surface area (Å²) in [5.74, 6) is 1.18. The van der Waals surface area contributed by atoms with Crippen LogP contribution >= 0.6 is 0 Å². The van der Waals surface area contributed by atoms with Gasteiger partial charge in [0.1, 0.15) is 5.52 Å². The molecule has 0 bridgehead atoms. The molecule has 25 heavy (non-hydrogen) atoms. The van der Waals surface area contributed by atoms with E-state index in [1.807, 2.05) is 0 Å². The van der Waals surface area contributed by atoms with Gasteiger partial charge in [-0.05, 0) is 37.0 Å². The summed E-state index contributed by atoms with van der Waals surface area (Å²) in [6.07, 6.45) is 4.06. The molecule has 1 aliphatic rings. The lowest BCUT2D eigenvalue weighted by atomic mass is 10.1. The van der Waals surface area contributed by atoms with Gasteiger partial charge in [-0.3, -0.25) is 0 Å². The minimum atomic E-state index is -0.443. The van der Waals surface area contributed by atoms with E-state index in [1.54, 1.807) is 30.5 Å². The van der Waals surface area contributed by atoms with Crippen LogP contribution in [0.1, 0.15) is 12.8 Å². The average Bonchev–Trinajstić information content (AvgIpc) is 3.44. The molecule has 0 saturated heterocycles. The second-order valence-electron chi connectivity index (χ2n) is 6.17. The Hall–Kier alpha value is -2.96. The Balaban J connectivity index is 1.85. The predicted molar refractivity (Wildman–Crippen MR) is 94.9 cm³/mol. The van der Waals surface area contributed by atoms with Crippen molar-refractivity contribution in [3.8, 4) is 17.0 Å². The van der Waals surface area contributed by atoms with Gasteiger partial charge >= 0.3 is 0 Å². The van der Waals surface area contributed by atoms with Gasteiger partial charge in [0.15, 0.2) is 17.4 Å². The Morgan fingerprint density at radius 1 is 1.32 bits per heavy atom. The van der Waals surface area contributed by atoms with E-state index in [0.29, 0.717) is 28.5 Å². The van der Waals surface area contributed by atoms with Crippen molar-refractivity contribution in [2.45, 2.75) is 12.8 Å². The number of fused-ring (bicyclic) bond motifs is 1. The molecule has 0 radical (unpaired) electrons. The van der Waals surface area contributed by atoms with Crippen LogP contribution in [0.2, 0.25) is 0 Å². The minimum absolute atomic E-state index is 0.181. The summed E-state index contributed by atoms with van der Waals surface area (Å²) in [4.78, 5) is 12.9. The number of pyridine rings is 1. The molecule has 0 aliphatic heterocycles. The Morgan fingerprint density at radius 3 is 2.92 bits per heavy atom. The van der Waals surface area contributed by atoms with E-state index >= 15 is 0 Å². The molecule has 1 aromatic carbocycles. The van der Waals surface area contributed by atoms with Gasteiger partial charge in [0, 0.05) is 23.7 Å². The summed E-state index contributed by atoms with van der Waals surface area (Å²) < 4.78 is 19.7. The number of methoxy groups -OCH3 is 1. The minimum Gasteiger partial charge on any atom is -0.494 e. The molecule has 0 spiro atoms. The zero-order valence-corrected chi connectivity index (χ0v) is 13.8. The number of aromatic nitrogens is 3. The van der Waals surface area contributed by atoms with Crippen LogP contribution in [0.25, 0.3) is 22.2 Å². The van der Waals surface area contributed by atoms with Crippen LogP contribution in [0.4, 0.5) is 16.2 Å². The molecule has 0 amide bonds. The molecular formula is C18H18FN5O. The fraction of sp³-hybridized carbons (Fsp3) is 0.278. The van der Waals surface area contributed by atoms with Gasteiger partial charge in [-0.2, -0.15) is 0 Å². The zero-order chi connectivity index (χ0) is 17.4. The molecule has 0 unspecified atom stereocenters. The third-order valence-corrected chi connectivity index (χ3v) is 4.30. The highest BCUT2D eigenvalue weighted by atomic mass is 19.1. The summed E-state index contributed by atoms with van der Waals surface area (Å²) in [5, 5.41) is 4.07. The molecule has 7 heteroatoms. The van der Waals surface area contributed by atoms with Crippen LogP contribution in [0.3, 0.4) is 0 Å². The van der Waals surface area contributed by atoms with Gasteiger partial charge in [-0.1, -0.05) is 6.07 Å². The summed E-state index contributed by atoms with van der Waals surface area (Å²) in [7, 11) is 1.44. The van der Waals surface area contributed by atoms with E-state index in [1.165, 1.54) is 20.0 Å². The van der Waals surface area contributed by atoms with E-state index < -0.39 is 5.82 Å². The lowest BCUT2D eigenvalue weighted by Crippen LogP contribution is -2.08. The van der Waals surface area contributed by atoms with Crippen LogP contribution in [0, 0.1) is 11.7 Å². The van der Waals surface area contributed by atoms with Crippen LogP contribution in [-0.2, 0) is 0 Å². The average molecular weight is 339 g/mol. The highest BCUT2D eigenvalue weighted by Crippen LogP contribution is 2.33. The molecule has 6 nitrogen and oxygen atoms in total. The second-order valence-corrected chi connectivity index (χ2v) is 6.17. The van der Waals surface area contributed by atoms with Crippen molar-refractivity contribution in [2.24, 2.45) is 5.92 Å². The molecule has 3 aromatic rings. The molecule has 2 aromatic heterocycles. The zero-order valence-electron chi connectivity index (χ0n) is 13.8. The third-order valence-electron chi connectivity index (χ3n) is 4.30. The van der Waals surface area contributed by atoms with Crippen molar-refractivity contribution in [1.82, 2.24) is 15.0 Å². The number of nitrogen functional groups attached to an aromatic ring is 1. The van der Waals surface area contributed by atoms with Crippen molar-refractivity contribution >= 4 is 22.7 Å². The normalized spacial score (nSPS) is 13.8. The molecule has 1 saturated carbocycles. The number of hydrogen-bond acceptors (Lipinski definition) is 6. The fourth-order valence-corrected chi connectivity index (χ4v) is 2.74. The quantitative estimate of drug-likeness (QED) is 0.742. The largest absolute Gasteiger partial charge is 0.494 e. The number of rotatable bonds is 5. The van der Waals surface area contributed by atoms with Crippen molar-refractivity contribution in [3.05, 3.63) is 36.3 Å². The summed E-state index contributed by atoms with van der Waals surface area (Å²) in [5.41, 5.74) is 7.22. The highest BCUT2D eigenvalue weighted by Gasteiger charge is 2.22. The van der Waals surface area contributed by atoms with Gasteiger partial charge in [-0.25, -0.2) is 19.3 Å². The number of nitrogens with two attached hydrogens (primary N) is 1. The number of ether oxygens (including phenoxy) is 1. The van der Waals surface area contributed by atoms with Crippen molar-refractivity contribution in [2.75, 3.05) is 24.7 Å². The first-order valence-corrected chi connectivity index (χ1v) is 8.15. The second kappa shape index (κ2) is 6.16. The Labute approximate surface area is 144 Å². The Kier molecular flexibility index (Phi) is 3.83. The van der Waals surface area contributed by atoms with E-state index in [4.69, 9.17) is 10.5 Å². The molecule has 1 fully saturated rings. The maximum absolute atomic E-state index is 14.6. The highest BCUT2D eigenvalue weighted by molar-refractivity contribution is 5.91. The summed E-state index contributed by atoms with van der Waals surface area (Å²) in [6, 6.07) is 6.75. The first-order valence-electron chi connectivity index (χ1n) is 8.15. The van der Waals surface area contributed by atoms with Gasteiger partial charge in [-0.15, -0.1) is 0 Å². The van der Waals surface area contributed by atoms with E-state index in [-0.39, 0.29) is 11.7 Å². The molecule has 3 N–H and O–H groups in total. The maximum Gasteiger partial charge on any atom is 0.220 e. The molecule has 1 aliphatic carbocycles. The molecule has 4 rings (SSSR count). The standard InChI is InChI=1S/C18H18FN5O/c1-25-14-4-2-3-12(15(14)19)13-7-11-9-22-18(20)24-16(11)17(23-13)21-8-10-5-6-10/h2-4,7,9-10H,5-6,8H2,1H3,(H,21,23)(H2,20,22,24). The summed E-state index contributed by atoms with van der Waals surface area (Å²) in [6.45, 7) is 0.816. The first kappa shape index (κ1) is 15.6. The smallest absolute Gasteiger partial charge is 0.220 e. The first-order chi connectivity index (χ1) is 12.2. The van der Waals surface area contributed by atoms with Crippen LogP contribution in [0.5, 0.6) is 5.75 Å². The van der Waals surface area contributed by atoms with Crippen LogP contribution in [-0.4, -0.2) is 28.6 Å². The molecule has 0 atom stereocenters. The lowest BCUT2D eigenvalue weighted by Gasteiger charge is -2.12. The van der Waals surface area contributed by atoms with E-state index in [2.05, 4.69) is 20.3 Å². The number of nitrogens with one attached hydrogen (secondary N) is 1. The Morgan fingerprint density at radius 2 is 2.16 bits per heavy atom. The Bertz CT molecular complexity index is 942. The number of hydrogen-bond donors (Lipinski definition) is 2. The topological polar surface area (TPSA) is 86.0 Å². The number of benzene rings is 1. The van der Waals surface area contributed by atoms with Crippen molar-refractivity contribution < 1.29 is 9.13 Å².